The molecule has 128 valence electrons. The Morgan fingerprint density at radius 1 is 1.17 bits per heavy atom. The molecule has 0 unspecified atom stereocenters. The predicted molar refractivity (Wildman–Crippen MR) is 92.2 cm³/mol. The fourth-order valence-corrected chi connectivity index (χ4v) is 4.86. The molecule has 1 aromatic carbocycles. The molecule has 24 heavy (non-hydrogen) atoms. The van der Waals surface area contributed by atoms with Crippen LogP contribution in [-0.2, 0) is 10.0 Å². The van der Waals surface area contributed by atoms with E-state index >= 15 is 0 Å². The highest BCUT2D eigenvalue weighted by atomic mass is 79.9. The molecule has 8 heteroatoms. The van der Waals surface area contributed by atoms with Gasteiger partial charge >= 0.3 is 0 Å². The van der Waals surface area contributed by atoms with Gasteiger partial charge in [0.25, 0.3) is 5.91 Å². The molecular weight excluding hydrogens is 396 g/mol. The summed E-state index contributed by atoms with van der Waals surface area (Å²) < 4.78 is 33.0. The second-order valence-electron chi connectivity index (χ2n) is 5.58. The van der Waals surface area contributed by atoms with Crippen LogP contribution in [0.1, 0.15) is 16.1 Å². The summed E-state index contributed by atoms with van der Waals surface area (Å²) in [4.78, 5) is 14.1. The molecule has 1 saturated heterocycles. The third-order valence-corrected chi connectivity index (χ3v) is 6.56. The predicted octanol–water partition coefficient (Wildman–Crippen LogP) is 2.50. The molecular formula is C16H17BrN2O4S. The molecule has 0 aliphatic carbocycles. The minimum atomic E-state index is -3.58. The van der Waals surface area contributed by atoms with Crippen LogP contribution in [0.5, 0.6) is 0 Å². The van der Waals surface area contributed by atoms with Crippen LogP contribution in [0.15, 0.2) is 50.4 Å². The lowest BCUT2D eigenvalue weighted by Gasteiger charge is -2.33. The fraction of sp³-hybridized carbons (Fsp3) is 0.312. The summed E-state index contributed by atoms with van der Waals surface area (Å²) in [6, 6.07) is 8.47. The number of halogens is 1. The van der Waals surface area contributed by atoms with Crippen molar-refractivity contribution < 1.29 is 17.6 Å². The van der Waals surface area contributed by atoms with Crippen LogP contribution < -0.4 is 0 Å². The number of carbonyl (C=O) groups is 1. The SMILES string of the molecule is Cc1ccc(Br)cc1S(=O)(=O)N1CCN(C(=O)c2ccco2)CC1. The van der Waals surface area contributed by atoms with Crippen LogP contribution in [0.2, 0.25) is 0 Å². The van der Waals surface area contributed by atoms with Gasteiger partial charge in [-0.05, 0) is 36.8 Å². The number of amides is 1. The van der Waals surface area contributed by atoms with Gasteiger partial charge in [0.2, 0.25) is 10.0 Å². The van der Waals surface area contributed by atoms with Crippen molar-refractivity contribution in [3.8, 4) is 0 Å². The normalized spacial score (nSPS) is 16.3. The minimum absolute atomic E-state index is 0.212. The molecule has 1 aromatic heterocycles. The van der Waals surface area contributed by atoms with E-state index in [0.717, 1.165) is 4.47 Å². The number of rotatable bonds is 3. The maximum Gasteiger partial charge on any atom is 0.289 e. The van der Waals surface area contributed by atoms with Crippen LogP contribution in [0, 0.1) is 6.92 Å². The average Bonchev–Trinajstić information content (AvgIpc) is 3.11. The minimum Gasteiger partial charge on any atom is -0.459 e. The monoisotopic (exact) mass is 412 g/mol. The smallest absolute Gasteiger partial charge is 0.289 e. The first-order valence-electron chi connectivity index (χ1n) is 7.48. The number of hydrogen-bond acceptors (Lipinski definition) is 4. The third-order valence-electron chi connectivity index (χ3n) is 4.03. The number of aryl methyl sites for hydroxylation is 1. The van der Waals surface area contributed by atoms with Crippen molar-refractivity contribution in [3.63, 3.8) is 0 Å². The number of nitrogens with zero attached hydrogens (tertiary/aromatic N) is 2. The van der Waals surface area contributed by atoms with Crippen LogP contribution in [-0.4, -0.2) is 49.7 Å². The van der Waals surface area contributed by atoms with Crippen molar-refractivity contribution in [1.82, 2.24) is 9.21 Å². The maximum absolute atomic E-state index is 12.8. The van der Waals surface area contributed by atoms with Crippen molar-refractivity contribution in [3.05, 3.63) is 52.4 Å². The van der Waals surface area contributed by atoms with E-state index in [1.54, 1.807) is 36.1 Å². The molecule has 1 aliphatic rings. The Morgan fingerprint density at radius 3 is 2.50 bits per heavy atom. The van der Waals surface area contributed by atoms with E-state index in [4.69, 9.17) is 4.42 Å². The second-order valence-corrected chi connectivity index (χ2v) is 8.41. The van der Waals surface area contributed by atoms with E-state index in [-0.39, 0.29) is 24.8 Å². The first-order chi connectivity index (χ1) is 11.4. The number of furan rings is 1. The number of sulfonamides is 1. The van der Waals surface area contributed by atoms with Gasteiger partial charge in [0, 0.05) is 30.7 Å². The molecule has 0 N–H and O–H groups in total. The van der Waals surface area contributed by atoms with Gasteiger partial charge in [-0.3, -0.25) is 4.79 Å². The first kappa shape index (κ1) is 17.2. The molecule has 3 rings (SSSR count). The molecule has 1 fully saturated rings. The standard InChI is InChI=1S/C16H17BrN2O4S/c1-12-4-5-13(17)11-15(12)24(21,22)19-8-6-18(7-9-19)16(20)14-3-2-10-23-14/h2-5,10-11H,6-9H2,1H3. The van der Waals surface area contributed by atoms with Crippen LogP contribution >= 0.6 is 15.9 Å². The maximum atomic E-state index is 12.8. The Morgan fingerprint density at radius 2 is 1.88 bits per heavy atom. The lowest BCUT2D eigenvalue weighted by Crippen LogP contribution is -2.50. The van der Waals surface area contributed by atoms with E-state index < -0.39 is 10.0 Å². The lowest BCUT2D eigenvalue weighted by atomic mass is 10.2. The molecule has 2 heterocycles. The van der Waals surface area contributed by atoms with Gasteiger partial charge < -0.3 is 9.32 Å². The van der Waals surface area contributed by atoms with Crippen molar-refractivity contribution in [2.45, 2.75) is 11.8 Å². The zero-order valence-corrected chi connectivity index (χ0v) is 15.5. The Kier molecular flexibility index (Phi) is 4.80. The fourth-order valence-electron chi connectivity index (χ4n) is 2.68. The van der Waals surface area contributed by atoms with Gasteiger partial charge in [0.15, 0.2) is 5.76 Å². The van der Waals surface area contributed by atoms with Gasteiger partial charge in [0.1, 0.15) is 0 Å². The summed E-state index contributed by atoms with van der Waals surface area (Å²) in [6.07, 6.45) is 1.45. The van der Waals surface area contributed by atoms with Gasteiger partial charge in [-0.2, -0.15) is 4.31 Å². The summed E-state index contributed by atoms with van der Waals surface area (Å²) in [5.41, 5.74) is 0.701. The molecule has 0 spiro atoms. The molecule has 2 aromatic rings. The zero-order valence-electron chi connectivity index (χ0n) is 13.1. The Hall–Kier alpha value is -1.64. The molecule has 1 amide bonds. The number of carbonyl (C=O) groups excluding carboxylic acids is 1. The largest absolute Gasteiger partial charge is 0.459 e. The molecule has 6 nitrogen and oxygen atoms in total. The van der Waals surface area contributed by atoms with E-state index in [0.29, 0.717) is 23.5 Å². The van der Waals surface area contributed by atoms with Gasteiger partial charge in [-0.25, -0.2) is 8.42 Å². The van der Waals surface area contributed by atoms with E-state index in [1.807, 2.05) is 6.07 Å². The number of piperazine rings is 1. The van der Waals surface area contributed by atoms with Crippen LogP contribution in [0.25, 0.3) is 0 Å². The molecule has 1 aliphatic heterocycles. The van der Waals surface area contributed by atoms with E-state index in [9.17, 15) is 13.2 Å². The molecule has 0 saturated carbocycles. The van der Waals surface area contributed by atoms with Gasteiger partial charge in [-0.1, -0.05) is 22.0 Å². The van der Waals surface area contributed by atoms with E-state index in [2.05, 4.69) is 15.9 Å². The summed E-state index contributed by atoms with van der Waals surface area (Å²) >= 11 is 3.32. The summed E-state index contributed by atoms with van der Waals surface area (Å²) in [6.45, 7) is 2.98. The zero-order chi connectivity index (χ0) is 17.3. The van der Waals surface area contributed by atoms with Crippen LogP contribution in [0.3, 0.4) is 0 Å². The average molecular weight is 413 g/mol. The van der Waals surface area contributed by atoms with Crippen molar-refractivity contribution >= 4 is 31.9 Å². The first-order valence-corrected chi connectivity index (χ1v) is 9.72. The highest BCUT2D eigenvalue weighted by molar-refractivity contribution is 9.10. The molecule has 0 radical (unpaired) electrons. The third kappa shape index (κ3) is 3.26. The van der Waals surface area contributed by atoms with Gasteiger partial charge in [0.05, 0.1) is 11.2 Å². The van der Waals surface area contributed by atoms with Crippen molar-refractivity contribution in [1.29, 1.82) is 0 Å². The van der Waals surface area contributed by atoms with Crippen molar-refractivity contribution in [2.75, 3.05) is 26.2 Å². The topological polar surface area (TPSA) is 70.8 Å². The number of benzene rings is 1. The highest BCUT2D eigenvalue weighted by Gasteiger charge is 2.31. The summed E-state index contributed by atoms with van der Waals surface area (Å²) in [5.74, 6) is 0.0600. The Labute approximate surface area is 149 Å². The van der Waals surface area contributed by atoms with E-state index in [1.165, 1.54) is 10.6 Å². The molecule has 0 atom stereocenters. The second kappa shape index (κ2) is 6.70. The van der Waals surface area contributed by atoms with Crippen molar-refractivity contribution in [2.24, 2.45) is 0 Å². The summed E-state index contributed by atoms with van der Waals surface area (Å²) in [7, 11) is -3.58. The molecule has 0 bridgehead atoms. The quantitative estimate of drug-likeness (QED) is 0.776. The summed E-state index contributed by atoms with van der Waals surface area (Å²) in [5, 5.41) is 0. The van der Waals surface area contributed by atoms with Gasteiger partial charge in [-0.15, -0.1) is 0 Å². The van der Waals surface area contributed by atoms with Crippen LogP contribution in [0.4, 0.5) is 0 Å². The Bertz CT molecular complexity index is 841. The Balaban J connectivity index is 1.74. The number of hydrogen-bond donors (Lipinski definition) is 0. The lowest BCUT2D eigenvalue weighted by molar-refractivity contribution is 0.0666. The highest BCUT2D eigenvalue weighted by Crippen LogP contribution is 2.25.